The van der Waals surface area contributed by atoms with Gasteiger partial charge in [-0.05, 0) is 12.0 Å². The van der Waals surface area contributed by atoms with Gasteiger partial charge in [-0.25, -0.2) is 18.7 Å². The second-order valence-electron chi connectivity index (χ2n) is 11.5. The molecule has 2 rings (SSSR count). The van der Waals surface area contributed by atoms with Gasteiger partial charge >= 0.3 is 25.9 Å². The molecule has 0 saturated carbocycles. The van der Waals surface area contributed by atoms with E-state index in [1.807, 2.05) is 30.4 Å². The van der Waals surface area contributed by atoms with E-state index in [-0.39, 0.29) is 37.0 Å². The minimum absolute atomic E-state index is 0.0205. The number of nitrogens with one attached hydrogen (secondary N) is 2. The van der Waals surface area contributed by atoms with E-state index in [1.165, 1.54) is 7.11 Å². The van der Waals surface area contributed by atoms with Gasteiger partial charge in [0.05, 0.1) is 20.1 Å². The van der Waals surface area contributed by atoms with Gasteiger partial charge in [-0.15, -0.1) is 0 Å². The molecule has 1 saturated heterocycles. The lowest BCUT2D eigenvalue weighted by Crippen LogP contribution is -2.50. The van der Waals surface area contributed by atoms with E-state index >= 15 is 0 Å². The molecule has 1 unspecified atom stereocenters. The van der Waals surface area contributed by atoms with Crippen molar-refractivity contribution in [3.63, 3.8) is 0 Å². The highest BCUT2D eigenvalue weighted by molar-refractivity contribution is 8.13. The van der Waals surface area contributed by atoms with Crippen LogP contribution in [0.25, 0.3) is 0 Å². The quantitative estimate of drug-likeness (QED) is 0.127. The average Bonchev–Trinajstić information content (AvgIpc) is 3.23. The zero-order valence-electron chi connectivity index (χ0n) is 25.7. The Bertz CT molecular complexity index is 1210. The fourth-order valence-electron chi connectivity index (χ4n) is 3.44. The number of ether oxygens (including phenoxy) is 3. The number of hydrogen-bond acceptors (Lipinski definition) is 13. The first-order chi connectivity index (χ1) is 20.6. The number of thioether (sulfide) groups is 1. The summed E-state index contributed by atoms with van der Waals surface area (Å²) in [5.41, 5.74) is -0.777. The first kappa shape index (κ1) is 37.2. The molecule has 1 heterocycles. The Hall–Kier alpha value is -2.97. The molecule has 0 spiro atoms. The lowest BCUT2D eigenvalue weighted by atomic mass is 9.87. The molecule has 0 aromatic rings. The van der Waals surface area contributed by atoms with Gasteiger partial charge in [0.25, 0.3) is 0 Å². The van der Waals surface area contributed by atoms with Crippen molar-refractivity contribution in [2.45, 2.75) is 59.6 Å². The summed E-state index contributed by atoms with van der Waals surface area (Å²) in [6.45, 7) is 7.30. The van der Waals surface area contributed by atoms with Crippen LogP contribution in [-0.4, -0.2) is 80.6 Å². The number of phosphoric ester groups is 1. The van der Waals surface area contributed by atoms with E-state index in [0.717, 1.165) is 17.3 Å². The maximum Gasteiger partial charge on any atom is 0.478 e. The maximum absolute atomic E-state index is 13.0. The fourth-order valence-corrected chi connectivity index (χ4v) is 5.92. The average molecular weight is 661 g/mol. The van der Waals surface area contributed by atoms with Crippen molar-refractivity contribution in [3.8, 4) is 0 Å². The zero-order valence-corrected chi connectivity index (χ0v) is 27.5. The van der Waals surface area contributed by atoms with Crippen LogP contribution in [0, 0.1) is 10.8 Å². The summed E-state index contributed by atoms with van der Waals surface area (Å²) in [6, 6.07) is -1.26. The summed E-state index contributed by atoms with van der Waals surface area (Å²) in [5.74, 6) is -2.09. The fraction of sp³-hybridized carbons (Fsp3) is 0.607. The molecule has 1 aliphatic carbocycles. The molecule has 1 aliphatic heterocycles. The number of esters is 2. The van der Waals surface area contributed by atoms with Crippen molar-refractivity contribution >= 4 is 48.6 Å². The number of hydrogen-bond donors (Lipinski definition) is 2. The molecule has 2 N–H and O–H groups in total. The summed E-state index contributed by atoms with van der Waals surface area (Å²) in [6.07, 6.45) is 7.32. The number of carbonyl (C=O) groups is 5. The first-order valence-corrected chi connectivity index (χ1v) is 16.2. The molecule has 0 aromatic carbocycles. The number of amides is 2. The number of alkyl carbamates (subject to hydrolysis) is 1. The molecule has 246 valence electrons. The summed E-state index contributed by atoms with van der Waals surface area (Å²) in [5, 5.41) is 4.65. The summed E-state index contributed by atoms with van der Waals surface area (Å²) < 4.78 is 43.6. The van der Waals surface area contributed by atoms with Gasteiger partial charge in [-0.3, -0.25) is 23.4 Å². The Morgan fingerprint density at radius 2 is 1.86 bits per heavy atom. The SMILES string of the molecule is COC(=O)CCNC(=O)[C@@H]1OP(=O)(OCOC(=O)N[C@@H](CSC(=O)C(C)(C)C)C(=O)OCC2=CC=CC=CC2)OCC1(C)C. The van der Waals surface area contributed by atoms with E-state index in [4.69, 9.17) is 23.0 Å². The van der Waals surface area contributed by atoms with Crippen LogP contribution in [-0.2, 0) is 51.5 Å². The Morgan fingerprint density at radius 1 is 1.14 bits per heavy atom. The Morgan fingerprint density at radius 3 is 2.55 bits per heavy atom. The highest BCUT2D eigenvalue weighted by atomic mass is 32.2. The van der Waals surface area contributed by atoms with Crippen LogP contribution in [0.5, 0.6) is 0 Å². The Kier molecular flexibility index (Phi) is 14.3. The molecule has 44 heavy (non-hydrogen) atoms. The highest BCUT2D eigenvalue weighted by Crippen LogP contribution is 2.57. The lowest BCUT2D eigenvalue weighted by molar-refractivity contribution is -0.144. The van der Waals surface area contributed by atoms with Crippen molar-refractivity contribution in [2.24, 2.45) is 10.8 Å². The number of phosphoric acid groups is 1. The normalized spacial score (nSPS) is 21.7. The zero-order chi connectivity index (χ0) is 33.0. The van der Waals surface area contributed by atoms with E-state index in [1.54, 1.807) is 34.6 Å². The Labute approximate surface area is 261 Å². The van der Waals surface area contributed by atoms with Crippen molar-refractivity contribution < 1.29 is 56.3 Å². The van der Waals surface area contributed by atoms with E-state index in [9.17, 15) is 28.5 Å². The van der Waals surface area contributed by atoms with Crippen LogP contribution in [0.3, 0.4) is 0 Å². The minimum Gasteiger partial charge on any atom is -0.469 e. The molecule has 3 atom stereocenters. The lowest BCUT2D eigenvalue weighted by Gasteiger charge is -2.39. The molecule has 1 fully saturated rings. The van der Waals surface area contributed by atoms with Crippen LogP contribution in [0.4, 0.5) is 4.79 Å². The van der Waals surface area contributed by atoms with Gasteiger partial charge in [-0.1, -0.05) is 76.8 Å². The third kappa shape index (κ3) is 12.6. The van der Waals surface area contributed by atoms with Gasteiger partial charge in [0.1, 0.15) is 12.6 Å². The molecule has 14 nitrogen and oxygen atoms in total. The summed E-state index contributed by atoms with van der Waals surface area (Å²) in [7, 11) is -3.14. The van der Waals surface area contributed by atoms with Gasteiger partial charge in [-0.2, -0.15) is 0 Å². The van der Waals surface area contributed by atoms with E-state index in [2.05, 4.69) is 15.4 Å². The standard InChI is InChI=1S/C28H41N2O12PS/c1-27(2,3)25(34)44-16-20(24(33)38-15-19-11-9-7-8-10-12-19)30-26(35)39-18-41-43(36)40-17-28(4,5)22(42-43)23(32)29-14-13-21(31)37-6/h7-11,20,22H,12-18H2,1-6H3,(H,29,32)(H,30,35)/t20-,22-,43?/m0/s1. The number of rotatable bonds is 13. The van der Waals surface area contributed by atoms with Crippen LogP contribution >= 0.6 is 19.6 Å². The van der Waals surface area contributed by atoms with Gasteiger partial charge in [0.15, 0.2) is 11.2 Å². The molecular weight excluding hydrogens is 619 g/mol. The summed E-state index contributed by atoms with van der Waals surface area (Å²) >= 11 is 0.857. The third-order valence-electron chi connectivity index (χ3n) is 6.07. The number of methoxy groups -OCH3 is 1. The smallest absolute Gasteiger partial charge is 0.469 e. The predicted octanol–water partition coefficient (Wildman–Crippen LogP) is 3.58. The van der Waals surface area contributed by atoms with Crippen LogP contribution in [0.2, 0.25) is 0 Å². The molecule has 0 bridgehead atoms. The second-order valence-corrected chi connectivity index (χ2v) is 14.1. The predicted molar refractivity (Wildman–Crippen MR) is 160 cm³/mol. The second kappa shape index (κ2) is 16.9. The van der Waals surface area contributed by atoms with Crippen molar-refractivity contribution in [3.05, 3.63) is 36.0 Å². The molecule has 0 radical (unpaired) electrons. The van der Waals surface area contributed by atoms with Crippen LogP contribution in [0.15, 0.2) is 36.0 Å². The largest absolute Gasteiger partial charge is 0.478 e. The van der Waals surface area contributed by atoms with Crippen molar-refractivity contribution in [1.82, 2.24) is 10.6 Å². The molecule has 2 aliphatic rings. The number of allylic oxidation sites excluding steroid dienone is 5. The van der Waals surface area contributed by atoms with Gasteiger partial charge in [0, 0.05) is 23.1 Å². The third-order valence-corrected chi connectivity index (χ3v) is 8.78. The van der Waals surface area contributed by atoms with E-state index in [0.29, 0.717) is 6.42 Å². The highest BCUT2D eigenvalue weighted by Gasteiger charge is 2.49. The molecule has 2 amide bonds. The van der Waals surface area contributed by atoms with Crippen molar-refractivity contribution in [2.75, 3.05) is 39.4 Å². The maximum atomic E-state index is 13.0. The molecule has 16 heteroatoms. The minimum atomic E-state index is -4.36. The first-order valence-electron chi connectivity index (χ1n) is 13.8. The number of carbonyl (C=O) groups excluding carboxylic acids is 5. The monoisotopic (exact) mass is 660 g/mol. The molecular formula is C28H41N2O12PS. The van der Waals surface area contributed by atoms with Crippen LogP contribution in [0.1, 0.15) is 47.5 Å². The van der Waals surface area contributed by atoms with Crippen molar-refractivity contribution in [1.29, 1.82) is 0 Å². The van der Waals surface area contributed by atoms with Gasteiger partial charge in [0.2, 0.25) is 12.7 Å². The Balaban J connectivity index is 1.95. The summed E-state index contributed by atoms with van der Waals surface area (Å²) in [4.78, 5) is 61.9. The topological polar surface area (TPSA) is 182 Å². The molecule has 0 aromatic heterocycles. The van der Waals surface area contributed by atoms with Gasteiger partial charge < -0.3 is 24.8 Å². The van der Waals surface area contributed by atoms with E-state index < -0.39 is 61.5 Å². The van der Waals surface area contributed by atoms with Crippen LogP contribution < -0.4 is 10.6 Å².